The summed E-state index contributed by atoms with van der Waals surface area (Å²) in [4.78, 5) is 0. The summed E-state index contributed by atoms with van der Waals surface area (Å²) < 4.78 is 0. The molecule has 0 saturated carbocycles. The summed E-state index contributed by atoms with van der Waals surface area (Å²) in [6.45, 7) is 3.47. The molecule has 1 aliphatic heterocycles. The normalized spacial score (nSPS) is 24.8. The Morgan fingerprint density at radius 3 is 3.27 bits per heavy atom. The lowest BCUT2D eigenvalue weighted by Crippen LogP contribution is -2.43. The quantitative estimate of drug-likeness (QED) is 0.292. The molecule has 0 spiro atoms. The van der Waals surface area contributed by atoms with Crippen molar-refractivity contribution in [3.05, 3.63) is 11.8 Å². The van der Waals surface area contributed by atoms with E-state index in [-0.39, 0.29) is 0 Å². The summed E-state index contributed by atoms with van der Waals surface area (Å²) in [5, 5.41) is 13.2. The summed E-state index contributed by atoms with van der Waals surface area (Å²) in [5.41, 5.74) is 1.07. The molecule has 0 radical (unpaired) electrons. The van der Waals surface area contributed by atoms with Gasteiger partial charge in [-0.15, -0.1) is 0 Å². The van der Waals surface area contributed by atoms with E-state index in [1.165, 1.54) is 0 Å². The Labute approximate surface area is 65.7 Å². The molecule has 0 aromatic heterocycles. The maximum absolute atomic E-state index is 4.87. The molecule has 5 heteroatoms. The van der Waals surface area contributed by atoms with Gasteiger partial charge in [-0.1, -0.05) is 5.22 Å². The van der Waals surface area contributed by atoms with Crippen LogP contribution >= 0.6 is 0 Å². The Hall–Kier alpha value is -1.10. The second-order valence-corrected chi connectivity index (χ2v) is 2.42. The summed E-state index contributed by atoms with van der Waals surface area (Å²) in [7, 11) is 0. The Bertz CT molecular complexity index is 174. The molecule has 1 rings (SSSR count). The summed E-state index contributed by atoms with van der Waals surface area (Å²) in [5.74, 6) is 4.87. The summed E-state index contributed by atoms with van der Waals surface area (Å²) >= 11 is 0. The number of nitrogens with zero attached hydrogens (tertiary/aromatic N) is 2. The molecule has 11 heavy (non-hydrogen) atoms. The minimum Gasteiger partial charge on any atom is -0.372 e. The standard InChI is InChI=1S/C6H13N5/c1-5-8-3-2-6(10-5)4-9-11-7/h2,5,8,10H,3-4H2,1H3,(H2,7,9). The van der Waals surface area contributed by atoms with Crippen molar-refractivity contribution in [2.75, 3.05) is 13.1 Å². The lowest BCUT2D eigenvalue weighted by molar-refractivity contribution is 0.488. The average molecular weight is 155 g/mol. The van der Waals surface area contributed by atoms with Crippen molar-refractivity contribution in [2.45, 2.75) is 13.1 Å². The van der Waals surface area contributed by atoms with Gasteiger partial charge in [-0.25, -0.2) is 0 Å². The Balaban J connectivity index is 2.38. The van der Waals surface area contributed by atoms with Gasteiger partial charge in [0.05, 0.1) is 6.17 Å². The van der Waals surface area contributed by atoms with Crippen LogP contribution < -0.4 is 16.5 Å². The average Bonchev–Trinajstić information content (AvgIpc) is 2.01. The molecule has 0 saturated heterocycles. The van der Waals surface area contributed by atoms with E-state index in [1.54, 1.807) is 0 Å². The van der Waals surface area contributed by atoms with Crippen LogP contribution in [0.5, 0.6) is 0 Å². The van der Waals surface area contributed by atoms with Crippen molar-refractivity contribution in [3.8, 4) is 0 Å². The largest absolute Gasteiger partial charge is 0.372 e. The zero-order valence-corrected chi connectivity index (χ0v) is 6.54. The minimum atomic E-state index is 0.308. The first-order valence-electron chi connectivity index (χ1n) is 3.58. The third-order valence-corrected chi connectivity index (χ3v) is 1.50. The van der Waals surface area contributed by atoms with Crippen LogP contribution in [0.25, 0.3) is 0 Å². The fraction of sp³-hybridized carbons (Fsp3) is 0.667. The van der Waals surface area contributed by atoms with E-state index in [9.17, 15) is 0 Å². The Morgan fingerprint density at radius 1 is 1.82 bits per heavy atom. The maximum atomic E-state index is 4.87. The molecule has 0 bridgehead atoms. The van der Waals surface area contributed by atoms with Crippen LogP contribution in [-0.4, -0.2) is 19.3 Å². The first-order valence-corrected chi connectivity index (χ1v) is 3.58. The molecule has 62 valence electrons. The van der Waals surface area contributed by atoms with Crippen molar-refractivity contribution < 1.29 is 0 Å². The zero-order chi connectivity index (χ0) is 8.10. The first kappa shape index (κ1) is 8.00. The molecule has 1 heterocycles. The molecular formula is C6H13N5. The van der Waals surface area contributed by atoms with Gasteiger partial charge in [0.2, 0.25) is 0 Å². The highest BCUT2D eigenvalue weighted by Gasteiger charge is 2.06. The van der Waals surface area contributed by atoms with Crippen LogP contribution in [0.2, 0.25) is 0 Å². The monoisotopic (exact) mass is 155 g/mol. The topological polar surface area (TPSA) is 74.8 Å². The zero-order valence-electron chi connectivity index (χ0n) is 6.54. The molecule has 1 aliphatic rings. The molecule has 0 amide bonds. The van der Waals surface area contributed by atoms with E-state index >= 15 is 0 Å². The predicted molar refractivity (Wildman–Crippen MR) is 42.6 cm³/mol. The van der Waals surface area contributed by atoms with Crippen LogP contribution in [0.1, 0.15) is 6.92 Å². The van der Waals surface area contributed by atoms with Crippen molar-refractivity contribution in [1.82, 2.24) is 10.6 Å². The molecule has 0 aromatic rings. The van der Waals surface area contributed by atoms with Crippen molar-refractivity contribution in [1.29, 1.82) is 0 Å². The van der Waals surface area contributed by atoms with Gasteiger partial charge in [-0.3, -0.25) is 5.32 Å². The van der Waals surface area contributed by atoms with E-state index in [4.69, 9.17) is 5.84 Å². The molecular weight excluding hydrogens is 142 g/mol. The van der Waals surface area contributed by atoms with Crippen molar-refractivity contribution in [3.63, 3.8) is 0 Å². The number of hydrogen-bond acceptors (Lipinski definition) is 4. The van der Waals surface area contributed by atoms with Crippen LogP contribution in [-0.2, 0) is 0 Å². The molecule has 0 fully saturated rings. The van der Waals surface area contributed by atoms with Gasteiger partial charge >= 0.3 is 0 Å². The fourth-order valence-corrected chi connectivity index (χ4v) is 0.974. The van der Waals surface area contributed by atoms with Gasteiger partial charge < -0.3 is 11.2 Å². The van der Waals surface area contributed by atoms with Crippen molar-refractivity contribution in [2.24, 2.45) is 16.2 Å². The number of nitrogens with two attached hydrogens (primary N) is 1. The predicted octanol–water partition coefficient (Wildman–Crippen LogP) is -0.265. The highest BCUT2D eigenvalue weighted by molar-refractivity contribution is 5.06. The maximum Gasteiger partial charge on any atom is 0.101 e. The van der Waals surface area contributed by atoms with E-state index in [2.05, 4.69) is 21.0 Å². The second-order valence-electron chi connectivity index (χ2n) is 2.42. The van der Waals surface area contributed by atoms with Gasteiger partial charge in [0, 0.05) is 12.2 Å². The molecule has 4 N–H and O–H groups in total. The summed E-state index contributed by atoms with van der Waals surface area (Å²) in [6.07, 6.45) is 2.34. The van der Waals surface area contributed by atoms with E-state index in [0.29, 0.717) is 12.7 Å². The van der Waals surface area contributed by atoms with Gasteiger partial charge in [-0.05, 0) is 13.0 Å². The van der Waals surface area contributed by atoms with E-state index < -0.39 is 0 Å². The second kappa shape index (κ2) is 3.92. The smallest absolute Gasteiger partial charge is 0.101 e. The van der Waals surface area contributed by atoms with Crippen molar-refractivity contribution >= 4 is 0 Å². The number of nitrogens with one attached hydrogen (secondary N) is 2. The molecule has 0 aliphatic carbocycles. The summed E-state index contributed by atoms with van der Waals surface area (Å²) in [6, 6.07) is 0. The van der Waals surface area contributed by atoms with E-state index in [0.717, 1.165) is 12.2 Å². The highest BCUT2D eigenvalue weighted by atomic mass is 15.3. The third kappa shape index (κ3) is 2.55. The van der Waals surface area contributed by atoms with Crippen LogP contribution in [0.4, 0.5) is 0 Å². The molecule has 1 atom stereocenters. The number of rotatable bonds is 2. The van der Waals surface area contributed by atoms with Gasteiger partial charge in [0.25, 0.3) is 0 Å². The van der Waals surface area contributed by atoms with Crippen LogP contribution in [0.15, 0.2) is 22.1 Å². The van der Waals surface area contributed by atoms with Crippen LogP contribution in [0.3, 0.4) is 0 Å². The van der Waals surface area contributed by atoms with E-state index in [1.807, 2.05) is 13.0 Å². The van der Waals surface area contributed by atoms with Crippen LogP contribution in [0, 0.1) is 0 Å². The first-order chi connectivity index (χ1) is 5.33. The minimum absolute atomic E-state index is 0.308. The third-order valence-electron chi connectivity index (χ3n) is 1.50. The Kier molecular flexibility index (Phi) is 2.85. The molecule has 0 aromatic carbocycles. The Morgan fingerprint density at radius 2 is 2.64 bits per heavy atom. The lowest BCUT2D eigenvalue weighted by atomic mass is 10.3. The highest BCUT2D eigenvalue weighted by Crippen LogP contribution is 1.96. The molecule has 1 unspecified atom stereocenters. The van der Waals surface area contributed by atoms with Gasteiger partial charge in [0.1, 0.15) is 6.54 Å². The van der Waals surface area contributed by atoms with Gasteiger partial charge in [0.15, 0.2) is 0 Å². The van der Waals surface area contributed by atoms with Gasteiger partial charge in [-0.2, -0.15) is 5.11 Å². The fourth-order valence-electron chi connectivity index (χ4n) is 0.974. The molecule has 5 nitrogen and oxygen atoms in total. The number of hydrogen-bond donors (Lipinski definition) is 3. The SMILES string of the molecule is CC1NCC=C(CN=NN)N1. The lowest BCUT2D eigenvalue weighted by Gasteiger charge is -2.22.